The van der Waals surface area contributed by atoms with Crippen LogP contribution < -0.4 is 10.2 Å². The van der Waals surface area contributed by atoms with Crippen LogP contribution in [0.3, 0.4) is 0 Å². The zero-order chi connectivity index (χ0) is 27.7. The van der Waals surface area contributed by atoms with Crippen molar-refractivity contribution in [3.05, 3.63) is 99.2 Å². The number of halogens is 3. The molecule has 0 spiro atoms. The summed E-state index contributed by atoms with van der Waals surface area (Å²) < 4.78 is 33.5. The lowest BCUT2D eigenvalue weighted by atomic mass is 10.2. The van der Waals surface area contributed by atoms with Crippen molar-refractivity contribution in [3.8, 4) is 11.3 Å². The molecule has 1 saturated heterocycles. The predicted molar refractivity (Wildman–Crippen MR) is 156 cm³/mol. The summed E-state index contributed by atoms with van der Waals surface area (Å²) >= 11 is 18.8. The van der Waals surface area contributed by atoms with Gasteiger partial charge < -0.3 is 14.6 Å². The van der Waals surface area contributed by atoms with Crippen molar-refractivity contribution in [1.29, 1.82) is 0 Å². The fourth-order valence-electron chi connectivity index (χ4n) is 4.44. The van der Waals surface area contributed by atoms with Gasteiger partial charge in [0.05, 0.1) is 21.3 Å². The molecule has 1 aliphatic heterocycles. The van der Waals surface area contributed by atoms with Gasteiger partial charge in [0.2, 0.25) is 10.0 Å². The molecule has 0 radical (unpaired) electrons. The Balaban J connectivity index is 1.31. The van der Waals surface area contributed by atoms with Gasteiger partial charge in [-0.25, -0.2) is 8.42 Å². The molecule has 0 saturated carbocycles. The number of carbonyl (C=O) groups excluding carboxylic acids is 1. The van der Waals surface area contributed by atoms with Crippen LogP contribution in [0.25, 0.3) is 11.3 Å². The van der Waals surface area contributed by atoms with Gasteiger partial charge in [-0.3, -0.25) is 4.79 Å². The first-order valence-corrected chi connectivity index (χ1v) is 14.7. The van der Waals surface area contributed by atoms with E-state index in [0.29, 0.717) is 50.9 Å². The van der Waals surface area contributed by atoms with Gasteiger partial charge >= 0.3 is 0 Å². The topological polar surface area (TPSA) is 82.9 Å². The van der Waals surface area contributed by atoms with E-state index in [0.717, 1.165) is 5.56 Å². The molecule has 4 aromatic rings. The molecule has 1 aliphatic rings. The van der Waals surface area contributed by atoms with E-state index < -0.39 is 15.9 Å². The fraction of sp³-hybridized carbons (Fsp3) is 0.179. The average molecular weight is 605 g/mol. The lowest BCUT2D eigenvalue weighted by Crippen LogP contribution is -2.49. The number of para-hydroxylation sites is 1. The van der Waals surface area contributed by atoms with Gasteiger partial charge in [0, 0.05) is 41.8 Å². The SMILES string of the molecule is Cc1ccc(S(=O)(=O)N2CCN(c3c(Cl)cccc3NC(=O)c3ccc(-c4cc(Cl)cc(Cl)c4)o3)CC2)cc1. The Bertz CT molecular complexity index is 1610. The molecule has 11 heteroatoms. The van der Waals surface area contributed by atoms with Crippen molar-refractivity contribution in [2.45, 2.75) is 11.8 Å². The summed E-state index contributed by atoms with van der Waals surface area (Å²) in [5.74, 6) is 0.0845. The van der Waals surface area contributed by atoms with Gasteiger partial charge in [-0.15, -0.1) is 0 Å². The number of rotatable bonds is 6. The summed E-state index contributed by atoms with van der Waals surface area (Å²) in [6.07, 6.45) is 0. The number of piperazine rings is 1. The van der Waals surface area contributed by atoms with Crippen LogP contribution in [0.15, 0.2) is 82.1 Å². The third-order valence-electron chi connectivity index (χ3n) is 6.43. The first kappa shape index (κ1) is 27.6. The number of sulfonamides is 1. The Kier molecular flexibility index (Phi) is 7.94. The van der Waals surface area contributed by atoms with E-state index in [1.165, 1.54) is 4.31 Å². The van der Waals surface area contributed by atoms with Crippen molar-refractivity contribution in [2.75, 3.05) is 36.4 Å². The number of hydrogen-bond acceptors (Lipinski definition) is 5. The number of aryl methyl sites for hydroxylation is 1. The standard InChI is InChI=1S/C28H24Cl3N3O4S/c1-18-5-7-22(8-6-18)39(36,37)34-13-11-33(12-14-34)27-23(31)3-2-4-24(27)32-28(35)26-10-9-25(38-26)19-15-20(29)17-21(30)16-19/h2-10,15-17H,11-14H2,1H3,(H,32,35). The minimum atomic E-state index is -3.61. The van der Waals surface area contributed by atoms with Crippen molar-refractivity contribution >= 4 is 62.1 Å². The zero-order valence-corrected chi connectivity index (χ0v) is 23.9. The summed E-state index contributed by atoms with van der Waals surface area (Å²) in [6, 6.07) is 20.3. The zero-order valence-electron chi connectivity index (χ0n) is 20.8. The largest absolute Gasteiger partial charge is 0.451 e. The minimum Gasteiger partial charge on any atom is -0.451 e. The van der Waals surface area contributed by atoms with E-state index in [-0.39, 0.29) is 23.7 Å². The number of hydrogen-bond donors (Lipinski definition) is 1. The first-order valence-electron chi connectivity index (χ1n) is 12.1. The quantitative estimate of drug-likeness (QED) is 0.257. The Hall–Kier alpha value is -3.01. The van der Waals surface area contributed by atoms with Crippen LogP contribution in [0, 0.1) is 6.92 Å². The smallest absolute Gasteiger partial charge is 0.291 e. The minimum absolute atomic E-state index is 0.0982. The van der Waals surface area contributed by atoms with Crippen molar-refractivity contribution in [1.82, 2.24) is 4.31 Å². The molecule has 0 bridgehead atoms. The number of nitrogens with zero attached hydrogens (tertiary/aromatic N) is 2. The number of furan rings is 1. The lowest BCUT2D eigenvalue weighted by Gasteiger charge is -2.36. The van der Waals surface area contributed by atoms with E-state index in [4.69, 9.17) is 39.2 Å². The van der Waals surface area contributed by atoms with Crippen LogP contribution >= 0.6 is 34.8 Å². The molecule has 5 rings (SSSR count). The number of benzene rings is 3. The molecule has 7 nitrogen and oxygen atoms in total. The Morgan fingerprint density at radius 2 is 1.54 bits per heavy atom. The number of anilines is 2. The van der Waals surface area contributed by atoms with Crippen LogP contribution in [0.1, 0.15) is 16.1 Å². The number of amides is 1. The Labute approximate surface area is 241 Å². The van der Waals surface area contributed by atoms with Gasteiger partial charge in [-0.1, -0.05) is 58.6 Å². The molecule has 0 unspecified atom stereocenters. The van der Waals surface area contributed by atoms with Crippen LogP contribution in [0.2, 0.25) is 15.1 Å². The third kappa shape index (κ3) is 5.95. The van der Waals surface area contributed by atoms with Crippen LogP contribution in [-0.4, -0.2) is 44.8 Å². The normalized spacial score (nSPS) is 14.4. The van der Waals surface area contributed by atoms with Gasteiger partial charge in [-0.2, -0.15) is 4.31 Å². The van der Waals surface area contributed by atoms with E-state index in [9.17, 15) is 13.2 Å². The maximum atomic E-state index is 13.1. The first-order chi connectivity index (χ1) is 18.6. The second-order valence-corrected chi connectivity index (χ2v) is 12.3. The molecule has 0 atom stereocenters. The molecule has 1 amide bonds. The number of nitrogens with one attached hydrogen (secondary N) is 1. The molecular weight excluding hydrogens is 581 g/mol. The Morgan fingerprint density at radius 1 is 0.872 bits per heavy atom. The van der Waals surface area contributed by atoms with Crippen LogP contribution in [0.4, 0.5) is 11.4 Å². The maximum absolute atomic E-state index is 13.1. The van der Waals surface area contributed by atoms with E-state index in [1.54, 1.807) is 72.8 Å². The molecule has 1 aromatic heterocycles. The van der Waals surface area contributed by atoms with Gasteiger partial charge in [0.1, 0.15) is 5.76 Å². The monoisotopic (exact) mass is 603 g/mol. The maximum Gasteiger partial charge on any atom is 0.291 e. The van der Waals surface area contributed by atoms with Crippen molar-refractivity contribution < 1.29 is 17.6 Å². The molecule has 0 aliphatic carbocycles. The highest BCUT2D eigenvalue weighted by Crippen LogP contribution is 2.36. The van der Waals surface area contributed by atoms with Gasteiger partial charge in [-0.05, 0) is 61.5 Å². The van der Waals surface area contributed by atoms with Gasteiger partial charge in [0.15, 0.2) is 5.76 Å². The molecular formula is C28H24Cl3N3O4S. The molecule has 1 N–H and O–H groups in total. The highest BCUT2D eigenvalue weighted by Gasteiger charge is 2.30. The van der Waals surface area contributed by atoms with E-state index in [1.807, 2.05) is 11.8 Å². The summed E-state index contributed by atoms with van der Waals surface area (Å²) in [5, 5.41) is 4.23. The second-order valence-electron chi connectivity index (χ2n) is 9.12. The summed E-state index contributed by atoms with van der Waals surface area (Å²) in [6.45, 7) is 3.27. The lowest BCUT2D eigenvalue weighted by molar-refractivity contribution is 0.0997. The third-order valence-corrected chi connectivity index (χ3v) is 9.08. The summed E-state index contributed by atoms with van der Waals surface area (Å²) in [7, 11) is -3.61. The van der Waals surface area contributed by atoms with Crippen molar-refractivity contribution in [3.63, 3.8) is 0 Å². The second kappa shape index (κ2) is 11.2. The fourth-order valence-corrected chi connectivity index (χ4v) is 6.69. The predicted octanol–water partition coefficient (Wildman–Crippen LogP) is 6.98. The van der Waals surface area contributed by atoms with Crippen LogP contribution in [0.5, 0.6) is 0 Å². The molecule has 1 fully saturated rings. The van der Waals surface area contributed by atoms with Gasteiger partial charge in [0.25, 0.3) is 5.91 Å². The molecule has 2 heterocycles. The van der Waals surface area contributed by atoms with E-state index >= 15 is 0 Å². The molecule has 202 valence electrons. The number of carbonyl (C=O) groups is 1. The summed E-state index contributed by atoms with van der Waals surface area (Å²) in [5.41, 5.74) is 2.75. The highest BCUT2D eigenvalue weighted by molar-refractivity contribution is 7.89. The van der Waals surface area contributed by atoms with E-state index in [2.05, 4.69) is 5.32 Å². The molecule has 39 heavy (non-hydrogen) atoms. The highest BCUT2D eigenvalue weighted by atomic mass is 35.5. The van der Waals surface area contributed by atoms with Crippen LogP contribution in [-0.2, 0) is 10.0 Å². The average Bonchev–Trinajstić information content (AvgIpc) is 3.40. The Morgan fingerprint density at radius 3 is 2.21 bits per heavy atom. The summed E-state index contributed by atoms with van der Waals surface area (Å²) in [4.78, 5) is 15.3. The molecule has 3 aromatic carbocycles. The van der Waals surface area contributed by atoms with Crippen molar-refractivity contribution in [2.24, 2.45) is 0 Å².